The minimum absolute atomic E-state index is 0.344. The van der Waals surface area contributed by atoms with E-state index in [0.29, 0.717) is 10.8 Å². The van der Waals surface area contributed by atoms with Gasteiger partial charge in [0.15, 0.2) is 0 Å². The molecular formula is C16H27NS. The molecule has 0 saturated heterocycles. The Kier molecular flexibility index (Phi) is 5.74. The van der Waals surface area contributed by atoms with Crippen LogP contribution < -0.4 is 5.32 Å². The monoisotopic (exact) mass is 265 g/mol. The highest BCUT2D eigenvalue weighted by atomic mass is 32.2. The molecule has 1 atom stereocenters. The molecule has 2 heteroatoms. The summed E-state index contributed by atoms with van der Waals surface area (Å²) >= 11 is 2.03. The van der Waals surface area contributed by atoms with Crippen LogP contribution >= 0.6 is 11.8 Å². The van der Waals surface area contributed by atoms with Gasteiger partial charge in [0.05, 0.1) is 0 Å². The summed E-state index contributed by atoms with van der Waals surface area (Å²) in [7, 11) is 2.07. The summed E-state index contributed by atoms with van der Waals surface area (Å²) in [6.07, 6.45) is 1.12. The molecule has 0 fully saturated rings. The zero-order valence-corrected chi connectivity index (χ0v) is 13.4. The molecule has 1 N–H and O–H groups in total. The SMILES string of the molecule is CNC(CSC(C)(C)C)Cc1cc(C)ccc1C. The van der Waals surface area contributed by atoms with Crippen LogP contribution in [0.3, 0.4) is 0 Å². The van der Waals surface area contributed by atoms with E-state index in [4.69, 9.17) is 0 Å². The number of aryl methyl sites for hydroxylation is 2. The van der Waals surface area contributed by atoms with Gasteiger partial charge in [-0.1, -0.05) is 44.5 Å². The fourth-order valence-electron chi connectivity index (χ4n) is 1.88. The third kappa shape index (κ3) is 5.45. The van der Waals surface area contributed by atoms with Crippen molar-refractivity contribution >= 4 is 11.8 Å². The van der Waals surface area contributed by atoms with Crippen molar-refractivity contribution in [1.82, 2.24) is 5.32 Å². The van der Waals surface area contributed by atoms with E-state index >= 15 is 0 Å². The van der Waals surface area contributed by atoms with E-state index in [2.05, 4.69) is 65.2 Å². The Morgan fingerprint density at radius 1 is 1.22 bits per heavy atom. The minimum atomic E-state index is 0.344. The molecule has 0 saturated carbocycles. The van der Waals surface area contributed by atoms with Gasteiger partial charge in [0.2, 0.25) is 0 Å². The average molecular weight is 265 g/mol. The van der Waals surface area contributed by atoms with Crippen LogP contribution in [-0.2, 0) is 6.42 Å². The largest absolute Gasteiger partial charge is 0.316 e. The van der Waals surface area contributed by atoms with E-state index in [1.165, 1.54) is 16.7 Å². The van der Waals surface area contributed by atoms with Gasteiger partial charge in [0.25, 0.3) is 0 Å². The van der Waals surface area contributed by atoms with Gasteiger partial charge in [-0.15, -0.1) is 0 Å². The summed E-state index contributed by atoms with van der Waals surface area (Å²) in [5.41, 5.74) is 4.24. The third-order valence-corrected chi connectivity index (χ3v) is 4.53. The number of nitrogens with one attached hydrogen (secondary N) is 1. The summed E-state index contributed by atoms with van der Waals surface area (Å²) < 4.78 is 0.344. The number of hydrogen-bond donors (Lipinski definition) is 1. The lowest BCUT2D eigenvalue weighted by Crippen LogP contribution is -2.32. The van der Waals surface area contributed by atoms with Crippen molar-refractivity contribution in [3.05, 3.63) is 34.9 Å². The lowest BCUT2D eigenvalue weighted by atomic mass is 10.00. The Morgan fingerprint density at radius 2 is 1.89 bits per heavy atom. The Balaban J connectivity index is 2.65. The molecule has 0 amide bonds. The van der Waals surface area contributed by atoms with Crippen LogP contribution in [0.2, 0.25) is 0 Å². The topological polar surface area (TPSA) is 12.0 Å². The van der Waals surface area contributed by atoms with Crippen LogP contribution in [-0.4, -0.2) is 23.6 Å². The van der Waals surface area contributed by atoms with Gasteiger partial charge in [0.1, 0.15) is 0 Å². The molecule has 0 spiro atoms. The Morgan fingerprint density at radius 3 is 2.44 bits per heavy atom. The fourth-order valence-corrected chi connectivity index (χ4v) is 2.87. The highest BCUT2D eigenvalue weighted by Crippen LogP contribution is 2.25. The molecule has 1 nitrogen and oxygen atoms in total. The molecule has 0 aromatic heterocycles. The Hall–Kier alpha value is -0.470. The first-order valence-electron chi connectivity index (χ1n) is 6.69. The maximum absolute atomic E-state index is 3.45. The van der Waals surface area contributed by atoms with E-state index in [-0.39, 0.29) is 0 Å². The van der Waals surface area contributed by atoms with Crippen LogP contribution in [0.15, 0.2) is 18.2 Å². The smallest absolute Gasteiger partial charge is 0.0195 e. The molecule has 1 aromatic carbocycles. The molecule has 0 bridgehead atoms. The predicted octanol–water partition coefficient (Wildman–Crippen LogP) is 3.97. The van der Waals surface area contributed by atoms with Crippen molar-refractivity contribution in [3.8, 4) is 0 Å². The van der Waals surface area contributed by atoms with E-state index in [1.54, 1.807) is 0 Å². The number of likely N-dealkylation sites (N-methyl/N-ethyl adjacent to an activating group) is 1. The van der Waals surface area contributed by atoms with Crippen LogP contribution in [0.4, 0.5) is 0 Å². The zero-order valence-electron chi connectivity index (χ0n) is 12.6. The number of thioether (sulfide) groups is 1. The number of benzene rings is 1. The third-order valence-electron chi connectivity index (χ3n) is 3.10. The second kappa shape index (κ2) is 6.63. The van der Waals surface area contributed by atoms with Crippen LogP contribution in [0, 0.1) is 13.8 Å². The molecule has 1 rings (SSSR count). The molecule has 0 radical (unpaired) electrons. The van der Waals surface area contributed by atoms with Crippen molar-refractivity contribution in [2.24, 2.45) is 0 Å². The first-order valence-corrected chi connectivity index (χ1v) is 7.68. The van der Waals surface area contributed by atoms with Crippen molar-refractivity contribution in [3.63, 3.8) is 0 Å². The normalized spacial score (nSPS) is 13.7. The fraction of sp³-hybridized carbons (Fsp3) is 0.625. The van der Waals surface area contributed by atoms with Crippen molar-refractivity contribution in [1.29, 1.82) is 0 Å². The summed E-state index contributed by atoms with van der Waals surface area (Å²) in [6, 6.07) is 7.29. The summed E-state index contributed by atoms with van der Waals surface area (Å²) in [5.74, 6) is 1.16. The predicted molar refractivity (Wildman–Crippen MR) is 84.7 cm³/mol. The quantitative estimate of drug-likeness (QED) is 0.864. The van der Waals surface area contributed by atoms with Crippen LogP contribution in [0.5, 0.6) is 0 Å². The Bertz CT molecular complexity index is 379. The van der Waals surface area contributed by atoms with Crippen molar-refractivity contribution in [2.45, 2.75) is 51.8 Å². The molecule has 0 heterocycles. The molecule has 1 aromatic rings. The first-order chi connectivity index (χ1) is 8.31. The standard InChI is InChI=1S/C16H27NS/c1-12-7-8-13(2)14(9-12)10-15(17-6)11-18-16(3,4)5/h7-9,15,17H,10-11H2,1-6H3. The van der Waals surface area contributed by atoms with Crippen molar-refractivity contribution in [2.75, 3.05) is 12.8 Å². The molecule has 0 aliphatic carbocycles. The van der Waals surface area contributed by atoms with Gasteiger partial charge in [-0.25, -0.2) is 0 Å². The van der Waals surface area contributed by atoms with Gasteiger partial charge in [-0.05, 0) is 38.4 Å². The Labute approximate surface area is 117 Å². The van der Waals surface area contributed by atoms with E-state index in [0.717, 1.165) is 12.2 Å². The highest BCUT2D eigenvalue weighted by Gasteiger charge is 2.15. The lowest BCUT2D eigenvalue weighted by Gasteiger charge is -2.23. The van der Waals surface area contributed by atoms with E-state index in [1.807, 2.05) is 11.8 Å². The molecule has 0 aliphatic heterocycles. The summed E-state index contributed by atoms with van der Waals surface area (Å²) in [4.78, 5) is 0. The highest BCUT2D eigenvalue weighted by molar-refractivity contribution is 8.00. The van der Waals surface area contributed by atoms with Crippen molar-refractivity contribution < 1.29 is 0 Å². The van der Waals surface area contributed by atoms with Crippen LogP contribution in [0.25, 0.3) is 0 Å². The maximum atomic E-state index is 3.45. The van der Waals surface area contributed by atoms with Gasteiger partial charge < -0.3 is 5.32 Å². The minimum Gasteiger partial charge on any atom is -0.316 e. The summed E-state index contributed by atoms with van der Waals surface area (Å²) in [5, 5.41) is 3.45. The van der Waals surface area contributed by atoms with Gasteiger partial charge in [0, 0.05) is 16.5 Å². The number of rotatable bonds is 5. The lowest BCUT2D eigenvalue weighted by molar-refractivity contribution is 0.612. The second-order valence-electron chi connectivity index (χ2n) is 6.04. The first kappa shape index (κ1) is 15.6. The molecule has 18 heavy (non-hydrogen) atoms. The molecule has 0 aliphatic rings. The molecule has 1 unspecified atom stereocenters. The molecular weight excluding hydrogens is 238 g/mol. The van der Waals surface area contributed by atoms with Gasteiger partial charge in [-0.2, -0.15) is 11.8 Å². The summed E-state index contributed by atoms with van der Waals surface area (Å²) in [6.45, 7) is 11.2. The van der Waals surface area contributed by atoms with Gasteiger partial charge >= 0.3 is 0 Å². The zero-order chi connectivity index (χ0) is 13.8. The van der Waals surface area contributed by atoms with E-state index < -0.39 is 0 Å². The maximum Gasteiger partial charge on any atom is 0.0195 e. The van der Waals surface area contributed by atoms with E-state index in [9.17, 15) is 0 Å². The molecule has 102 valence electrons. The second-order valence-corrected chi connectivity index (χ2v) is 7.89. The number of hydrogen-bond acceptors (Lipinski definition) is 2. The van der Waals surface area contributed by atoms with Crippen LogP contribution in [0.1, 0.15) is 37.5 Å². The van der Waals surface area contributed by atoms with Gasteiger partial charge in [-0.3, -0.25) is 0 Å². The average Bonchev–Trinajstić information content (AvgIpc) is 2.27.